The maximum Gasteiger partial charge on any atom is 0.315 e. The van der Waals surface area contributed by atoms with Crippen LogP contribution < -0.4 is 9.47 Å². The van der Waals surface area contributed by atoms with Crippen molar-refractivity contribution in [3.63, 3.8) is 0 Å². The van der Waals surface area contributed by atoms with E-state index < -0.39 is 18.0 Å². The highest BCUT2D eigenvalue weighted by Crippen LogP contribution is 2.45. The zero-order valence-electron chi connectivity index (χ0n) is 21.3. The summed E-state index contributed by atoms with van der Waals surface area (Å²) >= 11 is 0. The lowest BCUT2D eigenvalue weighted by Gasteiger charge is -2.25. The van der Waals surface area contributed by atoms with Crippen molar-refractivity contribution in [1.82, 2.24) is 0 Å². The van der Waals surface area contributed by atoms with Gasteiger partial charge in [0.05, 0.1) is 39.6 Å². The van der Waals surface area contributed by atoms with Crippen molar-refractivity contribution in [3.05, 3.63) is 53.4 Å². The van der Waals surface area contributed by atoms with Crippen LogP contribution in [0.15, 0.2) is 36.4 Å². The number of halogens is 1. The van der Waals surface area contributed by atoms with Gasteiger partial charge in [0.2, 0.25) is 0 Å². The minimum atomic E-state index is -0.822. The number of carbonyl (C=O) groups excluding carboxylic acids is 1. The molecule has 0 bridgehead atoms. The maximum absolute atomic E-state index is 13.8. The van der Waals surface area contributed by atoms with Crippen LogP contribution in [0.2, 0.25) is 0 Å². The molecule has 1 saturated heterocycles. The van der Waals surface area contributed by atoms with E-state index in [4.69, 9.17) is 23.7 Å². The zero-order valence-corrected chi connectivity index (χ0v) is 21.3. The molecule has 1 heterocycles. The van der Waals surface area contributed by atoms with Gasteiger partial charge in [0, 0.05) is 19.1 Å². The van der Waals surface area contributed by atoms with Crippen LogP contribution in [0, 0.1) is 11.7 Å². The second-order valence-electron chi connectivity index (χ2n) is 8.81. The molecule has 1 fully saturated rings. The summed E-state index contributed by atoms with van der Waals surface area (Å²) in [5, 5.41) is 10.4. The number of methoxy groups -OCH3 is 2. The first-order chi connectivity index (χ1) is 17.4. The van der Waals surface area contributed by atoms with Crippen LogP contribution in [-0.4, -0.2) is 64.4 Å². The number of hydrogen-bond acceptors (Lipinski definition) is 7. The van der Waals surface area contributed by atoms with Crippen LogP contribution in [0.25, 0.3) is 17.2 Å². The molecule has 2 aromatic carbocycles. The van der Waals surface area contributed by atoms with E-state index in [1.54, 1.807) is 32.4 Å². The highest BCUT2D eigenvalue weighted by atomic mass is 19.1. The monoisotopic (exact) mass is 502 g/mol. The summed E-state index contributed by atoms with van der Waals surface area (Å²) in [7, 11) is 3.18. The van der Waals surface area contributed by atoms with Gasteiger partial charge in [0.25, 0.3) is 0 Å². The van der Waals surface area contributed by atoms with Crippen molar-refractivity contribution < 1.29 is 38.0 Å². The Kier molecular flexibility index (Phi) is 10.3. The number of aliphatic hydroxyl groups is 1. The molecule has 1 aliphatic rings. The fourth-order valence-electron chi connectivity index (χ4n) is 4.10. The maximum atomic E-state index is 13.8. The quantitative estimate of drug-likeness (QED) is 0.335. The van der Waals surface area contributed by atoms with Gasteiger partial charge in [-0.05, 0) is 40.8 Å². The lowest BCUT2D eigenvalue weighted by molar-refractivity contribution is -0.157. The molecule has 0 amide bonds. The van der Waals surface area contributed by atoms with Gasteiger partial charge in [-0.15, -0.1) is 0 Å². The SMILES string of the molecule is COCCOCCOc1c(OC)cc(C(C)C)c(C=CC2C(=O)OCCC2O)c1-c1ccc(F)cc1. The Bertz CT molecular complexity index is 1030. The van der Waals surface area contributed by atoms with Crippen molar-refractivity contribution in [2.45, 2.75) is 32.3 Å². The predicted molar refractivity (Wildman–Crippen MR) is 135 cm³/mol. The molecule has 0 aromatic heterocycles. The summed E-state index contributed by atoms with van der Waals surface area (Å²) in [4.78, 5) is 12.3. The molecular weight excluding hydrogens is 467 g/mol. The largest absolute Gasteiger partial charge is 0.493 e. The highest BCUT2D eigenvalue weighted by Gasteiger charge is 2.30. The third-order valence-electron chi connectivity index (χ3n) is 6.01. The summed E-state index contributed by atoms with van der Waals surface area (Å²) in [6.45, 7) is 5.83. The molecule has 0 saturated carbocycles. The number of carbonyl (C=O) groups is 1. The van der Waals surface area contributed by atoms with E-state index in [1.165, 1.54) is 12.1 Å². The highest BCUT2D eigenvalue weighted by molar-refractivity contribution is 5.86. The van der Waals surface area contributed by atoms with Crippen LogP contribution in [0.3, 0.4) is 0 Å². The van der Waals surface area contributed by atoms with E-state index in [-0.39, 0.29) is 24.9 Å². The van der Waals surface area contributed by atoms with Crippen molar-refractivity contribution in [2.75, 3.05) is 47.3 Å². The van der Waals surface area contributed by atoms with Crippen molar-refractivity contribution in [2.24, 2.45) is 5.92 Å². The molecule has 2 aromatic rings. The Hall–Kier alpha value is -2.94. The molecule has 3 rings (SSSR count). The second-order valence-corrected chi connectivity index (χ2v) is 8.81. The number of hydrogen-bond donors (Lipinski definition) is 1. The summed E-state index contributed by atoms with van der Waals surface area (Å²) in [5.74, 6) is -0.491. The van der Waals surface area contributed by atoms with Crippen LogP contribution in [0.1, 0.15) is 37.3 Å². The number of esters is 1. The number of aliphatic hydroxyl groups excluding tert-OH is 1. The van der Waals surface area contributed by atoms with E-state index in [1.807, 2.05) is 12.1 Å². The van der Waals surface area contributed by atoms with Crippen LogP contribution >= 0.6 is 0 Å². The summed E-state index contributed by atoms with van der Waals surface area (Å²) < 4.78 is 41.4. The molecule has 1 aliphatic heterocycles. The normalized spacial score (nSPS) is 18.0. The van der Waals surface area contributed by atoms with E-state index in [2.05, 4.69) is 13.8 Å². The molecule has 0 spiro atoms. The number of benzene rings is 2. The lowest BCUT2D eigenvalue weighted by Crippen LogP contribution is -2.34. The Balaban J connectivity index is 2.11. The van der Waals surface area contributed by atoms with Gasteiger partial charge < -0.3 is 28.8 Å². The fraction of sp³-hybridized carbons (Fsp3) is 0.464. The summed E-state index contributed by atoms with van der Waals surface area (Å²) in [5.41, 5.74) is 3.16. The molecule has 0 radical (unpaired) electrons. The fourth-order valence-corrected chi connectivity index (χ4v) is 4.10. The van der Waals surface area contributed by atoms with Crippen molar-refractivity contribution in [1.29, 1.82) is 0 Å². The predicted octanol–water partition coefficient (Wildman–Crippen LogP) is 4.60. The smallest absolute Gasteiger partial charge is 0.315 e. The van der Waals surface area contributed by atoms with Gasteiger partial charge in [-0.25, -0.2) is 4.39 Å². The van der Waals surface area contributed by atoms with Gasteiger partial charge in [0.1, 0.15) is 18.3 Å². The first kappa shape index (κ1) is 27.6. The Morgan fingerprint density at radius 2 is 1.86 bits per heavy atom. The first-order valence-electron chi connectivity index (χ1n) is 12.1. The average molecular weight is 503 g/mol. The molecule has 196 valence electrons. The molecule has 0 aliphatic carbocycles. The lowest BCUT2D eigenvalue weighted by atomic mass is 9.87. The van der Waals surface area contributed by atoms with Gasteiger partial charge in [0.15, 0.2) is 11.5 Å². The number of ether oxygens (including phenoxy) is 5. The van der Waals surface area contributed by atoms with E-state index in [9.17, 15) is 14.3 Å². The third kappa shape index (κ3) is 6.84. The molecule has 2 unspecified atom stereocenters. The minimum absolute atomic E-state index is 0.0902. The van der Waals surface area contributed by atoms with Crippen LogP contribution in [0.5, 0.6) is 11.5 Å². The molecular formula is C28H35FO7. The number of cyclic esters (lactones) is 1. The Labute approximate surface area is 211 Å². The van der Waals surface area contributed by atoms with Crippen molar-refractivity contribution >= 4 is 12.0 Å². The average Bonchev–Trinajstić information content (AvgIpc) is 2.86. The third-order valence-corrected chi connectivity index (χ3v) is 6.01. The van der Waals surface area contributed by atoms with Crippen molar-refractivity contribution in [3.8, 4) is 22.6 Å². The van der Waals surface area contributed by atoms with Gasteiger partial charge in [-0.1, -0.05) is 38.1 Å². The molecule has 2 atom stereocenters. The summed E-state index contributed by atoms with van der Waals surface area (Å²) in [6.07, 6.45) is 3.04. The first-order valence-corrected chi connectivity index (χ1v) is 12.1. The number of rotatable bonds is 12. The van der Waals surface area contributed by atoms with E-state index in [0.29, 0.717) is 43.3 Å². The standard InChI is InChI=1S/C28H35FO7/c1-18(2)23-17-25(33-4)27(35-16-15-34-14-13-32-3)26(19-5-7-20(29)8-6-19)21(23)9-10-22-24(30)11-12-36-28(22)31/h5-10,17-18,22,24,30H,11-16H2,1-4H3. The van der Waals surface area contributed by atoms with Crippen LogP contribution in [0.4, 0.5) is 4.39 Å². The second kappa shape index (κ2) is 13.4. The topological polar surface area (TPSA) is 83.5 Å². The molecule has 36 heavy (non-hydrogen) atoms. The molecule has 1 N–H and O–H groups in total. The zero-order chi connectivity index (χ0) is 26.1. The summed E-state index contributed by atoms with van der Waals surface area (Å²) in [6, 6.07) is 8.04. The van der Waals surface area contributed by atoms with E-state index >= 15 is 0 Å². The van der Waals surface area contributed by atoms with Gasteiger partial charge in [-0.3, -0.25) is 4.79 Å². The Morgan fingerprint density at radius 1 is 1.14 bits per heavy atom. The van der Waals surface area contributed by atoms with E-state index in [0.717, 1.165) is 16.7 Å². The molecule has 8 heteroatoms. The van der Waals surface area contributed by atoms with Gasteiger partial charge >= 0.3 is 5.97 Å². The minimum Gasteiger partial charge on any atom is -0.493 e. The van der Waals surface area contributed by atoms with Crippen LogP contribution in [-0.2, 0) is 19.0 Å². The molecule has 7 nitrogen and oxygen atoms in total. The van der Waals surface area contributed by atoms with Gasteiger partial charge in [-0.2, -0.15) is 0 Å². The Morgan fingerprint density at radius 3 is 2.50 bits per heavy atom.